The van der Waals surface area contributed by atoms with Crippen molar-refractivity contribution in [1.29, 1.82) is 0 Å². The molecule has 1 N–H and O–H groups in total. The van der Waals surface area contributed by atoms with Crippen LogP contribution in [0.4, 0.5) is 0 Å². The van der Waals surface area contributed by atoms with E-state index in [9.17, 15) is 0 Å². The highest BCUT2D eigenvalue weighted by molar-refractivity contribution is 4.76. The molecule has 20 heavy (non-hydrogen) atoms. The van der Waals surface area contributed by atoms with E-state index in [1.807, 2.05) is 18.7 Å². The first kappa shape index (κ1) is 15.5. The fourth-order valence-corrected chi connectivity index (χ4v) is 2.90. The first-order valence-corrected chi connectivity index (χ1v) is 7.76. The summed E-state index contributed by atoms with van der Waals surface area (Å²) in [6.07, 6.45) is 9.69. The normalized spacial score (nSPS) is 20.4. The fourth-order valence-electron chi connectivity index (χ4n) is 2.90. The van der Waals surface area contributed by atoms with Crippen LogP contribution in [0.5, 0.6) is 0 Å². The number of nitrogens with one attached hydrogen (secondary N) is 1. The Morgan fingerprint density at radius 2 is 2.35 bits per heavy atom. The van der Waals surface area contributed by atoms with Gasteiger partial charge in [-0.25, -0.2) is 4.98 Å². The van der Waals surface area contributed by atoms with Gasteiger partial charge in [0.15, 0.2) is 0 Å². The van der Waals surface area contributed by atoms with E-state index in [0.29, 0.717) is 0 Å². The third-order valence-corrected chi connectivity index (χ3v) is 3.97. The molecular formula is C15H28N4O. The zero-order valence-corrected chi connectivity index (χ0v) is 12.6. The Kier molecular flexibility index (Phi) is 7.05. The first-order chi connectivity index (χ1) is 9.88. The molecule has 5 heteroatoms. The van der Waals surface area contributed by atoms with Gasteiger partial charge in [0.05, 0.1) is 12.9 Å². The third kappa shape index (κ3) is 5.61. The molecule has 0 amide bonds. The zero-order valence-electron chi connectivity index (χ0n) is 12.6. The van der Waals surface area contributed by atoms with Crippen LogP contribution in [0.2, 0.25) is 0 Å². The van der Waals surface area contributed by atoms with E-state index in [4.69, 9.17) is 4.74 Å². The van der Waals surface area contributed by atoms with Crippen molar-refractivity contribution >= 4 is 0 Å². The highest BCUT2D eigenvalue weighted by Gasteiger charge is 2.18. The average molecular weight is 280 g/mol. The summed E-state index contributed by atoms with van der Waals surface area (Å²) in [6.45, 7) is 7.68. The predicted molar refractivity (Wildman–Crippen MR) is 80.8 cm³/mol. The largest absolute Gasteiger partial charge is 0.383 e. The summed E-state index contributed by atoms with van der Waals surface area (Å²) < 4.78 is 7.22. The van der Waals surface area contributed by atoms with Crippen molar-refractivity contribution in [3.05, 3.63) is 18.7 Å². The Hall–Kier alpha value is -0.910. The lowest BCUT2D eigenvalue weighted by Crippen LogP contribution is -2.40. The topological polar surface area (TPSA) is 42.3 Å². The van der Waals surface area contributed by atoms with Crippen LogP contribution in [-0.4, -0.2) is 60.9 Å². The molecule has 1 aromatic rings. The third-order valence-electron chi connectivity index (χ3n) is 3.97. The number of aromatic nitrogens is 2. The number of nitrogens with zero attached hydrogens (tertiary/aromatic N) is 3. The number of piperidine rings is 1. The minimum absolute atomic E-state index is 0.800. The molecule has 0 saturated carbocycles. The van der Waals surface area contributed by atoms with Crippen molar-refractivity contribution in [2.75, 3.05) is 46.4 Å². The molecule has 0 bridgehead atoms. The van der Waals surface area contributed by atoms with Gasteiger partial charge < -0.3 is 19.5 Å². The van der Waals surface area contributed by atoms with Crippen LogP contribution < -0.4 is 5.32 Å². The molecule has 1 aliphatic rings. The molecule has 1 fully saturated rings. The summed E-state index contributed by atoms with van der Waals surface area (Å²) in [7, 11) is 1.75. The molecule has 0 radical (unpaired) electrons. The van der Waals surface area contributed by atoms with Crippen molar-refractivity contribution in [2.45, 2.75) is 25.8 Å². The summed E-state index contributed by atoms with van der Waals surface area (Å²) in [5.74, 6) is 0.800. The van der Waals surface area contributed by atoms with Crippen molar-refractivity contribution in [3.8, 4) is 0 Å². The molecule has 114 valence electrons. The monoisotopic (exact) mass is 280 g/mol. The lowest BCUT2D eigenvalue weighted by atomic mass is 9.98. The van der Waals surface area contributed by atoms with E-state index in [1.165, 1.54) is 38.9 Å². The molecule has 0 aromatic carbocycles. The van der Waals surface area contributed by atoms with Gasteiger partial charge in [-0.1, -0.05) is 0 Å². The van der Waals surface area contributed by atoms with Crippen LogP contribution >= 0.6 is 0 Å². The second kappa shape index (κ2) is 9.10. The molecule has 0 spiro atoms. The van der Waals surface area contributed by atoms with Crippen molar-refractivity contribution < 1.29 is 4.74 Å². The predicted octanol–water partition coefficient (Wildman–Crippen LogP) is 1.22. The van der Waals surface area contributed by atoms with Gasteiger partial charge in [-0.3, -0.25) is 0 Å². The molecule has 1 unspecified atom stereocenters. The van der Waals surface area contributed by atoms with Gasteiger partial charge in [0.1, 0.15) is 0 Å². The van der Waals surface area contributed by atoms with Crippen molar-refractivity contribution in [1.82, 2.24) is 19.8 Å². The number of hydrogen-bond acceptors (Lipinski definition) is 4. The van der Waals surface area contributed by atoms with Crippen LogP contribution in [0.15, 0.2) is 18.7 Å². The number of hydrogen-bond donors (Lipinski definition) is 1. The lowest BCUT2D eigenvalue weighted by molar-refractivity contribution is 0.162. The molecule has 2 rings (SSSR count). The van der Waals surface area contributed by atoms with Crippen molar-refractivity contribution in [3.63, 3.8) is 0 Å². The van der Waals surface area contributed by atoms with Gasteiger partial charge >= 0.3 is 0 Å². The molecule has 5 nitrogen and oxygen atoms in total. The molecule has 1 atom stereocenters. The lowest BCUT2D eigenvalue weighted by Gasteiger charge is -2.32. The Morgan fingerprint density at radius 1 is 1.40 bits per heavy atom. The maximum absolute atomic E-state index is 5.06. The van der Waals surface area contributed by atoms with Crippen LogP contribution in [0.3, 0.4) is 0 Å². The van der Waals surface area contributed by atoms with E-state index in [1.54, 1.807) is 7.11 Å². The molecular weight excluding hydrogens is 252 g/mol. The highest BCUT2D eigenvalue weighted by Crippen LogP contribution is 2.15. The number of likely N-dealkylation sites (tertiary alicyclic amines) is 1. The summed E-state index contributed by atoms with van der Waals surface area (Å²) in [5, 5.41) is 3.49. The maximum atomic E-state index is 5.06. The van der Waals surface area contributed by atoms with Gasteiger partial charge in [0.2, 0.25) is 0 Å². The van der Waals surface area contributed by atoms with Crippen LogP contribution in [0.1, 0.15) is 19.3 Å². The van der Waals surface area contributed by atoms with E-state index in [0.717, 1.165) is 32.2 Å². The Bertz CT molecular complexity index is 342. The van der Waals surface area contributed by atoms with Gasteiger partial charge in [-0.05, 0) is 44.8 Å². The molecule has 1 aromatic heterocycles. The van der Waals surface area contributed by atoms with Gasteiger partial charge in [-0.2, -0.15) is 0 Å². The number of rotatable bonds is 9. The smallest absolute Gasteiger partial charge is 0.0945 e. The van der Waals surface area contributed by atoms with Gasteiger partial charge in [-0.15, -0.1) is 0 Å². The molecule has 1 aliphatic heterocycles. The van der Waals surface area contributed by atoms with Crippen LogP contribution in [0.25, 0.3) is 0 Å². The van der Waals surface area contributed by atoms with Crippen molar-refractivity contribution in [2.24, 2.45) is 5.92 Å². The Morgan fingerprint density at radius 3 is 3.15 bits per heavy atom. The fraction of sp³-hybridized carbons (Fsp3) is 0.800. The second-order valence-electron chi connectivity index (χ2n) is 5.66. The first-order valence-electron chi connectivity index (χ1n) is 7.76. The van der Waals surface area contributed by atoms with E-state index in [-0.39, 0.29) is 0 Å². The average Bonchev–Trinajstić information content (AvgIpc) is 2.97. The molecule has 0 aliphatic carbocycles. The van der Waals surface area contributed by atoms with Gasteiger partial charge in [0, 0.05) is 39.1 Å². The minimum Gasteiger partial charge on any atom is -0.383 e. The summed E-state index contributed by atoms with van der Waals surface area (Å²) in [5.41, 5.74) is 0. The van der Waals surface area contributed by atoms with Crippen LogP contribution in [0, 0.1) is 5.92 Å². The van der Waals surface area contributed by atoms with E-state index in [2.05, 4.69) is 19.8 Å². The maximum Gasteiger partial charge on any atom is 0.0945 e. The standard InChI is InChI=1S/C15H28N4O/c1-20-11-6-16-12-15-4-2-7-18(13-15)8-3-9-19-10-5-17-14-19/h5,10,14-16H,2-4,6-9,11-13H2,1H3. The number of ether oxygens (including phenoxy) is 1. The summed E-state index contributed by atoms with van der Waals surface area (Å²) >= 11 is 0. The van der Waals surface area contributed by atoms with Crippen LogP contribution in [-0.2, 0) is 11.3 Å². The second-order valence-corrected chi connectivity index (χ2v) is 5.66. The quantitative estimate of drug-likeness (QED) is 0.691. The zero-order chi connectivity index (χ0) is 14.0. The number of aryl methyl sites for hydroxylation is 1. The van der Waals surface area contributed by atoms with E-state index < -0.39 is 0 Å². The SMILES string of the molecule is COCCNCC1CCCN(CCCn2ccnc2)C1. The van der Waals surface area contributed by atoms with Gasteiger partial charge in [0.25, 0.3) is 0 Å². The molecule has 1 saturated heterocycles. The number of imidazole rings is 1. The summed E-state index contributed by atoms with van der Waals surface area (Å²) in [4.78, 5) is 6.69. The summed E-state index contributed by atoms with van der Waals surface area (Å²) in [6, 6.07) is 0. The van der Waals surface area contributed by atoms with E-state index >= 15 is 0 Å². The Balaban J connectivity index is 1.58. The minimum atomic E-state index is 0.800. The molecule has 2 heterocycles. The Labute approximate surface area is 122 Å². The number of methoxy groups -OCH3 is 1. The highest BCUT2D eigenvalue weighted by atomic mass is 16.5.